The van der Waals surface area contributed by atoms with Crippen molar-refractivity contribution in [2.24, 2.45) is 0 Å². The quantitative estimate of drug-likeness (QED) is 0.547. The summed E-state index contributed by atoms with van der Waals surface area (Å²) in [5, 5.41) is 15.9. The maximum atomic E-state index is 13.6. The summed E-state index contributed by atoms with van der Waals surface area (Å²) in [6, 6.07) is 14.4. The predicted octanol–water partition coefficient (Wildman–Crippen LogP) is 3.63. The summed E-state index contributed by atoms with van der Waals surface area (Å²) in [6.45, 7) is 0. The molecular weight excluding hydrogens is 406 g/mol. The van der Waals surface area contributed by atoms with Crippen molar-refractivity contribution in [2.45, 2.75) is 12.0 Å². The first-order valence-electron chi connectivity index (χ1n) is 9.30. The van der Waals surface area contributed by atoms with Gasteiger partial charge in [-0.3, -0.25) is 14.4 Å². The van der Waals surface area contributed by atoms with Crippen LogP contribution < -0.4 is 10.6 Å². The number of carbonyl (C=O) groups is 3. The molecule has 0 spiro atoms. The maximum absolute atomic E-state index is 13.6. The molecule has 3 aromatic carbocycles. The van der Waals surface area contributed by atoms with Gasteiger partial charge in [0.1, 0.15) is 11.6 Å². The zero-order chi connectivity index (χ0) is 22.2. The second-order valence-electron chi connectivity index (χ2n) is 7.14. The Labute approximate surface area is 175 Å². The highest BCUT2D eigenvalue weighted by molar-refractivity contribution is 6.09. The fraction of sp³-hybridized carbons (Fsp3) is 0.0870. The molecule has 8 heteroatoms. The number of carbonyl (C=O) groups excluding carboxylic acids is 3. The topological polar surface area (TPSA) is 95.5 Å². The first-order chi connectivity index (χ1) is 14.8. The van der Waals surface area contributed by atoms with Gasteiger partial charge in [0.05, 0.1) is 6.42 Å². The van der Waals surface area contributed by atoms with Gasteiger partial charge < -0.3 is 15.7 Å². The summed E-state index contributed by atoms with van der Waals surface area (Å²) in [5.41, 5.74) is -1.05. The molecule has 0 saturated heterocycles. The molecule has 2 amide bonds. The highest BCUT2D eigenvalue weighted by atomic mass is 19.1. The highest BCUT2D eigenvalue weighted by Gasteiger charge is 2.47. The summed E-state index contributed by atoms with van der Waals surface area (Å²) in [5.74, 6) is -2.88. The van der Waals surface area contributed by atoms with E-state index in [4.69, 9.17) is 0 Å². The molecule has 1 atom stereocenters. The van der Waals surface area contributed by atoms with Crippen molar-refractivity contribution < 1.29 is 28.3 Å². The van der Waals surface area contributed by atoms with Crippen LogP contribution in [0.1, 0.15) is 32.7 Å². The van der Waals surface area contributed by atoms with Gasteiger partial charge in [-0.05, 0) is 66.7 Å². The normalized spacial score (nSPS) is 17.1. The number of amides is 2. The summed E-state index contributed by atoms with van der Waals surface area (Å²) in [6.07, 6.45) is -0.573. The lowest BCUT2D eigenvalue weighted by Gasteiger charge is -2.20. The number of hydrogen-bond donors (Lipinski definition) is 3. The van der Waals surface area contributed by atoms with Crippen molar-refractivity contribution in [1.82, 2.24) is 0 Å². The molecule has 0 saturated carbocycles. The van der Waals surface area contributed by atoms with E-state index in [1.165, 1.54) is 54.6 Å². The Kier molecular flexibility index (Phi) is 5.08. The molecule has 1 unspecified atom stereocenters. The van der Waals surface area contributed by atoms with Gasteiger partial charge in [-0.1, -0.05) is 0 Å². The van der Waals surface area contributed by atoms with E-state index in [1.807, 2.05) is 0 Å². The average Bonchev–Trinajstić information content (AvgIpc) is 2.98. The van der Waals surface area contributed by atoms with Crippen LogP contribution in [0.5, 0.6) is 0 Å². The van der Waals surface area contributed by atoms with Crippen LogP contribution in [0.4, 0.5) is 20.2 Å². The number of benzene rings is 3. The summed E-state index contributed by atoms with van der Waals surface area (Å²) >= 11 is 0. The van der Waals surface area contributed by atoms with E-state index in [0.29, 0.717) is 5.69 Å². The third-order valence-corrected chi connectivity index (χ3v) is 5.04. The third kappa shape index (κ3) is 3.93. The number of rotatable bonds is 5. The van der Waals surface area contributed by atoms with E-state index >= 15 is 0 Å². The standard InChI is InChI=1S/C23H16F2N2O4/c24-15-5-1-14(2-6-15)21(29)26-17-8-3-13(4-9-17)20(28)12-23(31)18-11-16(25)7-10-19(18)27-22(23)30/h1-11,31H,12H2,(H,26,29)(H,27,30). The van der Waals surface area contributed by atoms with Gasteiger partial charge in [0.25, 0.3) is 11.8 Å². The van der Waals surface area contributed by atoms with E-state index in [2.05, 4.69) is 10.6 Å². The number of halogens is 2. The molecule has 0 aromatic heterocycles. The Balaban J connectivity index is 1.48. The molecular formula is C23H16F2N2O4. The summed E-state index contributed by atoms with van der Waals surface area (Å²) in [7, 11) is 0. The number of Topliss-reactive ketones (excluding diaryl/α,β-unsaturated/α-hetero) is 1. The van der Waals surface area contributed by atoms with Crippen molar-refractivity contribution in [2.75, 3.05) is 10.6 Å². The van der Waals surface area contributed by atoms with Crippen LogP contribution in [-0.2, 0) is 10.4 Å². The van der Waals surface area contributed by atoms with Gasteiger partial charge in [-0.25, -0.2) is 8.78 Å². The molecule has 1 heterocycles. The van der Waals surface area contributed by atoms with Crippen LogP contribution in [0.3, 0.4) is 0 Å². The lowest BCUT2D eigenvalue weighted by atomic mass is 9.88. The maximum Gasteiger partial charge on any atom is 0.261 e. The van der Waals surface area contributed by atoms with Crippen LogP contribution in [0, 0.1) is 11.6 Å². The monoisotopic (exact) mass is 422 g/mol. The van der Waals surface area contributed by atoms with E-state index in [-0.39, 0.29) is 22.4 Å². The van der Waals surface area contributed by atoms with Crippen molar-refractivity contribution >= 4 is 29.0 Å². The van der Waals surface area contributed by atoms with Crippen molar-refractivity contribution in [3.05, 3.63) is 95.1 Å². The predicted molar refractivity (Wildman–Crippen MR) is 109 cm³/mol. The molecule has 1 aliphatic rings. The molecule has 6 nitrogen and oxygen atoms in total. The fourth-order valence-corrected chi connectivity index (χ4v) is 3.37. The second-order valence-corrected chi connectivity index (χ2v) is 7.14. The van der Waals surface area contributed by atoms with Crippen LogP contribution >= 0.6 is 0 Å². The Morgan fingerprint density at radius 2 is 1.52 bits per heavy atom. The van der Waals surface area contributed by atoms with E-state index < -0.39 is 41.3 Å². The van der Waals surface area contributed by atoms with Gasteiger partial charge in [-0.15, -0.1) is 0 Å². The summed E-state index contributed by atoms with van der Waals surface area (Å²) in [4.78, 5) is 37.1. The van der Waals surface area contributed by atoms with Gasteiger partial charge in [0.15, 0.2) is 11.4 Å². The molecule has 3 N–H and O–H groups in total. The van der Waals surface area contributed by atoms with Gasteiger partial charge >= 0.3 is 0 Å². The van der Waals surface area contributed by atoms with E-state index in [0.717, 1.165) is 12.1 Å². The van der Waals surface area contributed by atoms with Gasteiger partial charge in [0, 0.05) is 28.1 Å². The van der Waals surface area contributed by atoms with Crippen LogP contribution in [0.15, 0.2) is 66.7 Å². The second kappa shape index (κ2) is 7.73. The number of anilines is 2. The number of fused-ring (bicyclic) bond motifs is 1. The van der Waals surface area contributed by atoms with Crippen LogP contribution in [0.2, 0.25) is 0 Å². The average molecular weight is 422 g/mol. The van der Waals surface area contributed by atoms with Gasteiger partial charge in [-0.2, -0.15) is 0 Å². The number of nitrogens with one attached hydrogen (secondary N) is 2. The Morgan fingerprint density at radius 1 is 0.903 bits per heavy atom. The first-order valence-corrected chi connectivity index (χ1v) is 9.30. The minimum Gasteiger partial charge on any atom is -0.375 e. The fourth-order valence-electron chi connectivity index (χ4n) is 3.37. The lowest BCUT2D eigenvalue weighted by Crippen LogP contribution is -2.36. The number of hydrogen-bond acceptors (Lipinski definition) is 4. The Hall–Kier alpha value is -3.91. The molecule has 0 fully saturated rings. The largest absolute Gasteiger partial charge is 0.375 e. The zero-order valence-corrected chi connectivity index (χ0v) is 16.0. The molecule has 31 heavy (non-hydrogen) atoms. The number of aliphatic hydroxyl groups is 1. The van der Waals surface area contributed by atoms with Crippen molar-refractivity contribution in [3.8, 4) is 0 Å². The highest BCUT2D eigenvalue weighted by Crippen LogP contribution is 2.39. The molecule has 0 radical (unpaired) electrons. The van der Waals surface area contributed by atoms with Crippen molar-refractivity contribution in [3.63, 3.8) is 0 Å². The van der Waals surface area contributed by atoms with E-state index in [1.54, 1.807) is 0 Å². The minimum atomic E-state index is -2.18. The first kappa shape index (κ1) is 20.4. The van der Waals surface area contributed by atoms with Crippen molar-refractivity contribution in [1.29, 1.82) is 0 Å². The summed E-state index contributed by atoms with van der Waals surface area (Å²) < 4.78 is 26.6. The molecule has 1 aliphatic heterocycles. The number of ketones is 1. The molecule has 0 aliphatic carbocycles. The molecule has 3 aromatic rings. The lowest BCUT2D eigenvalue weighted by molar-refractivity contribution is -0.133. The molecule has 156 valence electrons. The Morgan fingerprint density at radius 3 is 2.19 bits per heavy atom. The molecule has 4 rings (SSSR count). The third-order valence-electron chi connectivity index (χ3n) is 5.04. The van der Waals surface area contributed by atoms with Crippen LogP contribution in [-0.4, -0.2) is 22.7 Å². The van der Waals surface area contributed by atoms with E-state index in [9.17, 15) is 28.3 Å². The zero-order valence-electron chi connectivity index (χ0n) is 16.0. The SMILES string of the molecule is O=C(CC1(O)C(=O)Nc2ccc(F)cc21)c1ccc(NC(=O)c2ccc(F)cc2)cc1. The Bertz CT molecular complexity index is 1190. The molecule has 0 bridgehead atoms. The minimum absolute atomic E-state index is 0.00836. The smallest absolute Gasteiger partial charge is 0.261 e. The van der Waals surface area contributed by atoms with Crippen LogP contribution in [0.25, 0.3) is 0 Å². The van der Waals surface area contributed by atoms with Gasteiger partial charge in [0.2, 0.25) is 0 Å².